The molecule has 24 heavy (non-hydrogen) atoms. The molecule has 0 saturated carbocycles. The Kier molecular flexibility index (Phi) is 5.54. The number of fused-ring (bicyclic) bond motifs is 1. The van der Waals surface area contributed by atoms with Gasteiger partial charge in [0, 0.05) is 5.02 Å². The van der Waals surface area contributed by atoms with Crippen LogP contribution in [-0.2, 0) is 21.5 Å². The van der Waals surface area contributed by atoms with Crippen LogP contribution in [-0.4, -0.2) is 24.7 Å². The first kappa shape index (κ1) is 19.1. The smallest absolute Gasteiger partial charge is 1.00 e. The van der Waals surface area contributed by atoms with E-state index in [4.69, 9.17) is 16.2 Å². The van der Waals surface area contributed by atoms with Crippen molar-refractivity contribution in [3.8, 4) is 0 Å². The number of carbonyl (C=O) groups excluding carboxylic acids is 2. The van der Waals surface area contributed by atoms with Crippen molar-refractivity contribution < 1.29 is 53.5 Å². The molecule has 9 heteroatoms. The van der Waals surface area contributed by atoms with Crippen LogP contribution in [0.2, 0.25) is 5.02 Å². The van der Waals surface area contributed by atoms with Gasteiger partial charge in [0.05, 0.1) is 22.7 Å². The Morgan fingerprint density at radius 2 is 1.79 bits per heavy atom. The van der Waals surface area contributed by atoms with Crippen LogP contribution in [0.4, 0.5) is 5.69 Å². The molecular formula is C15H11ClNNaO5S. The maximum atomic E-state index is 12.2. The summed E-state index contributed by atoms with van der Waals surface area (Å²) in [4.78, 5) is 25.0. The van der Waals surface area contributed by atoms with Crippen molar-refractivity contribution in [2.24, 2.45) is 0 Å². The topological polar surface area (TPSA) is 91.8 Å². The van der Waals surface area contributed by atoms with E-state index in [9.17, 15) is 18.0 Å². The van der Waals surface area contributed by atoms with Crippen LogP contribution in [0.1, 0.15) is 17.3 Å². The number of anilines is 1. The van der Waals surface area contributed by atoms with Gasteiger partial charge in [-0.25, -0.2) is 0 Å². The van der Waals surface area contributed by atoms with E-state index in [1.165, 1.54) is 11.0 Å². The van der Waals surface area contributed by atoms with Gasteiger partial charge in [-0.3, -0.25) is 14.1 Å². The van der Waals surface area contributed by atoms with Crippen LogP contribution in [0.3, 0.4) is 0 Å². The van der Waals surface area contributed by atoms with Gasteiger partial charge in [0.1, 0.15) is 0 Å². The number of ketones is 1. The van der Waals surface area contributed by atoms with Gasteiger partial charge in [-0.05, 0) is 29.8 Å². The predicted octanol–water partition coefficient (Wildman–Crippen LogP) is -0.567. The SMILES string of the molecule is O=C1C(=O)N(Cc2ccccc2Cl)c2ccc(S(=O)(=O)O)cc21.[H-].[Na+]. The number of hydrogen-bond acceptors (Lipinski definition) is 4. The molecule has 0 bridgehead atoms. The fourth-order valence-corrected chi connectivity index (χ4v) is 3.10. The minimum atomic E-state index is -4.45. The molecular weight excluding hydrogens is 365 g/mol. The van der Waals surface area contributed by atoms with Crippen LogP contribution in [0.25, 0.3) is 0 Å². The van der Waals surface area contributed by atoms with E-state index in [1.54, 1.807) is 24.3 Å². The third-order valence-corrected chi connectivity index (χ3v) is 4.75. The summed E-state index contributed by atoms with van der Waals surface area (Å²) in [6, 6.07) is 10.3. The van der Waals surface area contributed by atoms with E-state index >= 15 is 0 Å². The van der Waals surface area contributed by atoms with Crippen LogP contribution >= 0.6 is 11.6 Å². The second-order valence-electron chi connectivity index (χ2n) is 4.97. The van der Waals surface area contributed by atoms with Crippen LogP contribution < -0.4 is 34.5 Å². The molecule has 0 aromatic heterocycles. The first-order valence-corrected chi connectivity index (χ1v) is 8.32. The van der Waals surface area contributed by atoms with Crippen molar-refractivity contribution in [3.05, 3.63) is 58.6 Å². The van der Waals surface area contributed by atoms with E-state index < -0.39 is 26.7 Å². The summed E-state index contributed by atoms with van der Waals surface area (Å²) in [5.74, 6) is -1.59. The second kappa shape index (κ2) is 6.95. The molecule has 1 amide bonds. The Hall–Kier alpha value is -1.22. The van der Waals surface area contributed by atoms with Crippen molar-refractivity contribution in [2.45, 2.75) is 11.4 Å². The van der Waals surface area contributed by atoms with Crippen molar-refractivity contribution in [3.63, 3.8) is 0 Å². The van der Waals surface area contributed by atoms with Crippen molar-refractivity contribution in [1.29, 1.82) is 0 Å². The Bertz CT molecular complexity index is 951. The fraction of sp³-hybridized carbons (Fsp3) is 0.0667. The molecule has 6 nitrogen and oxygen atoms in total. The Morgan fingerprint density at radius 1 is 1.12 bits per heavy atom. The Morgan fingerprint density at radius 3 is 2.42 bits per heavy atom. The molecule has 0 aliphatic carbocycles. The number of carbonyl (C=O) groups is 2. The first-order valence-electron chi connectivity index (χ1n) is 6.50. The molecule has 120 valence electrons. The quantitative estimate of drug-likeness (QED) is 0.441. The van der Waals surface area contributed by atoms with Gasteiger partial charge in [-0.1, -0.05) is 29.8 Å². The Balaban J connectivity index is 0.00000156. The molecule has 0 saturated heterocycles. The fourth-order valence-electron chi connectivity index (χ4n) is 2.39. The summed E-state index contributed by atoms with van der Waals surface area (Å²) in [6.45, 7) is 0.0858. The average Bonchev–Trinajstić information content (AvgIpc) is 2.73. The molecule has 0 unspecified atom stereocenters. The largest absolute Gasteiger partial charge is 1.00 e. The van der Waals surface area contributed by atoms with Gasteiger partial charge in [0.15, 0.2) is 0 Å². The van der Waals surface area contributed by atoms with E-state index in [0.717, 1.165) is 12.1 Å². The number of amides is 1. The number of Topliss-reactive ketones (excluding diaryl/α,β-unsaturated/α-hetero) is 1. The molecule has 1 N–H and O–H groups in total. The number of nitrogens with zero attached hydrogens (tertiary/aromatic N) is 1. The van der Waals surface area contributed by atoms with Gasteiger partial charge in [-0.2, -0.15) is 8.42 Å². The zero-order valence-electron chi connectivity index (χ0n) is 13.6. The van der Waals surface area contributed by atoms with Crippen molar-refractivity contribution >= 4 is 39.1 Å². The molecule has 1 heterocycles. The summed E-state index contributed by atoms with van der Waals surface area (Å²) in [7, 11) is -4.45. The van der Waals surface area contributed by atoms with Crippen LogP contribution in [0, 0.1) is 0 Å². The van der Waals surface area contributed by atoms with E-state index in [0.29, 0.717) is 10.6 Å². The molecule has 1 aliphatic rings. The van der Waals surface area contributed by atoms with Gasteiger partial charge in [-0.15, -0.1) is 0 Å². The maximum Gasteiger partial charge on any atom is 1.00 e. The molecule has 2 aromatic carbocycles. The van der Waals surface area contributed by atoms with Gasteiger partial charge >= 0.3 is 29.6 Å². The summed E-state index contributed by atoms with van der Waals surface area (Å²) < 4.78 is 31.4. The zero-order valence-corrected chi connectivity index (χ0v) is 16.1. The van der Waals surface area contributed by atoms with Crippen molar-refractivity contribution in [1.82, 2.24) is 0 Å². The van der Waals surface area contributed by atoms with Gasteiger partial charge < -0.3 is 6.33 Å². The molecule has 0 spiro atoms. The maximum absolute atomic E-state index is 12.2. The number of hydrogen-bond donors (Lipinski definition) is 1. The third-order valence-electron chi connectivity index (χ3n) is 3.53. The molecule has 0 fully saturated rings. The second-order valence-corrected chi connectivity index (χ2v) is 6.79. The average molecular weight is 376 g/mol. The standard InChI is InChI=1S/C15H10ClNO5S.Na.H/c16-12-4-2-1-3-9(12)8-17-13-6-5-10(23(20,21)22)7-11(13)14(18)15(17)19;;/h1-7H,8H2,(H,20,21,22);;/q;+1;-1. The molecule has 0 atom stereocenters. The minimum Gasteiger partial charge on any atom is -1.00 e. The normalized spacial score (nSPS) is 13.7. The minimum absolute atomic E-state index is 0. The van der Waals surface area contributed by atoms with Gasteiger partial charge in [0.2, 0.25) is 0 Å². The first-order chi connectivity index (χ1) is 10.8. The van der Waals surface area contributed by atoms with Crippen molar-refractivity contribution in [2.75, 3.05) is 4.90 Å². The van der Waals surface area contributed by atoms with E-state index in [-0.39, 0.29) is 48.8 Å². The number of benzene rings is 2. The number of rotatable bonds is 3. The third kappa shape index (κ3) is 3.42. The Labute approximate surface area is 166 Å². The molecule has 2 aromatic rings. The van der Waals surface area contributed by atoms with Gasteiger partial charge in [0.25, 0.3) is 21.8 Å². The van der Waals surface area contributed by atoms with Crippen LogP contribution in [0.15, 0.2) is 47.4 Å². The number of halogens is 1. The molecule has 1 aliphatic heterocycles. The molecule has 3 rings (SSSR count). The molecule has 0 radical (unpaired) electrons. The summed E-state index contributed by atoms with van der Waals surface area (Å²) in [5, 5.41) is 0.454. The summed E-state index contributed by atoms with van der Waals surface area (Å²) >= 11 is 6.06. The monoisotopic (exact) mass is 375 g/mol. The predicted molar refractivity (Wildman–Crippen MR) is 84.3 cm³/mol. The van der Waals surface area contributed by atoms with Crippen LogP contribution in [0.5, 0.6) is 0 Å². The van der Waals surface area contributed by atoms with E-state index in [2.05, 4.69) is 0 Å². The van der Waals surface area contributed by atoms with E-state index in [1.807, 2.05) is 0 Å². The summed E-state index contributed by atoms with van der Waals surface area (Å²) in [6.07, 6.45) is 0. The summed E-state index contributed by atoms with van der Waals surface area (Å²) in [5.41, 5.74) is 0.881. The zero-order chi connectivity index (χ0) is 16.8.